The molecule has 1 aromatic heterocycles. The van der Waals surface area contributed by atoms with Crippen LogP contribution in [0.4, 0.5) is 5.69 Å². The summed E-state index contributed by atoms with van der Waals surface area (Å²) in [5.41, 5.74) is 2.04. The molecule has 0 radical (unpaired) electrons. The Balaban J connectivity index is 2.09. The van der Waals surface area contributed by atoms with Crippen molar-refractivity contribution < 1.29 is 9.90 Å². The minimum Gasteiger partial charge on any atom is -0.477 e. The number of carboxylic acids is 1. The Kier molecular flexibility index (Phi) is 3.85. The summed E-state index contributed by atoms with van der Waals surface area (Å²) in [5.74, 6) is -1.15. The van der Waals surface area contributed by atoms with Crippen LogP contribution in [-0.4, -0.2) is 23.1 Å². The van der Waals surface area contributed by atoms with Crippen molar-refractivity contribution in [3.63, 3.8) is 0 Å². The second-order valence-corrected chi connectivity index (χ2v) is 5.39. The number of hydrogen-bond acceptors (Lipinski definition) is 3. The summed E-state index contributed by atoms with van der Waals surface area (Å²) in [7, 11) is 1.91. The van der Waals surface area contributed by atoms with E-state index in [0.29, 0.717) is 17.4 Å². The van der Waals surface area contributed by atoms with Crippen LogP contribution >= 0.6 is 0 Å². The lowest BCUT2D eigenvalue weighted by Gasteiger charge is -2.21. The Bertz CT molecular complexity index is 916. The molecule has 2 aromatic carbocycles. The monoisotopic (exact) mass is 308 g/mol. The standard InChI is InChI=1S/C18H16N2O3/c1-20(11-12-6-3-2-4-7-12)15-9-5-8-13-16(21)10-14(18(22)23)19-17(13)15/h2-10H,11H2,1H3,(H,19,21)(H,22,23). The Morgan fingerprint density at radius 2 is 1.87 bits per heavy atom. The van der Waals surface area contributed by atoms with Crippen molar-refractivity contribution in [1.82, 2.24) is 4.98 Å². The Morgan fingerprint density at radius 1 is 1.13 bits per heavy atom. The number of aromatic nitrogens is 1. The lowest BCUT2D eigenvalue weighted by molar-refractivity contribution is 0.0691. The molecule has 116 valence electrons. The third-order valence-corrected chi connectivity index (χ3v) is 3.75. The summed E-state index contributed by atoms with van der Waals surface area (Å²) in [6, 6.07) is 16.4. The Hall–Kier alpha value is -3.08. The number of benzene rings is 2. The lowest BCUT2D eigenvalue weighted by atomic mass is 10.1. The van der Waals surface area contributed by atoms with E-state index in [0.717, 1.165) is 17.3 Å². The number of H-pyrrole nitrogens is 1. The quantitative estimate of drug-likeness (QED) is 0.777. The predicted octanol–water partition coefficient (Wildman–Crippen LogP) is 2.86. The van der Waals surface area contributed by atoms with Crippen LogP contribution in [0.15, 0.2) is 59.4 Å². The molecule has 3 aromatic rings. The topological polar surface area (TPSA) is 73.4 Å². The maximum absolute atomic E-state index is 12.1. The van der Waals surface area contributed by atoms with E-state index in [-0.39, 0.29) is 11.1 Å². The van der Waals surface area contributed by atoms with Gasteiger partial charge in [-0.2, -0.15) is 0 Å². The first kappa shape index (κ1) is 14.8. The normalized spacial score (nSPS) is 10.7. The van der Waals surface area contributed by atoms with Gasteiger partial charge >= 0.3 is 5.97 Å². The van der Waals surface area contributed by atoms with E-state index >= 15 is 0 Å². The second kappa shape index (κ2) is 5.96. The van der Waals surface area contributed by atoms with Crippen molar-refractivity contribution in [2.45, 2.75) is 6.54 Å². The van der Waals surface area contributed by atoms with Crippen LogP contribution in [0.3, 0.4) is 0 Å². The molecule has 0 aliphatic rings. The molecule has 23 heavy (non-hydrogen) atoms. The molecule has 0 unspecified atom stereocenters. The number of nitrogens with zero attached hydrogens (tertiary/aromatic N) is 1. The second-order valence-electron chi connectivity index (χ2n) is 5.39. The summed E-state index contributed by atoms with van der Waals surface area (Å²) in [6.45, 7) is 0.652. The molecular weight excluding hydrogens is 292 g/mol. The first-order valence-electron chi connectivity index (χ1n) is 7.20. The minimum absolute atomic E-state index is 0.108. The number of fused-ring (bicyclic) bond motifs is 1. The molecule has 5 heteroatoms. The van der Waals surface area contributed by atoms with E-state index in [9.17, 15) is 9.59 Å². The van der Waals surface area contributed by atoms with Crippen molar-refractivity contribution in [1.29, 1.82) is 0 Å². The number of carboxylic acid groups (broad SMARTS) is 1. The van der Waals surface area contributed by atoms with Crippen LogP contribution in [0.2, 0.25) is 0 Å². The molecular formula is C18H16N2O3. The molecule has 0 aliphatic carbocycles. The lowest BCUT2D eigenvalue weighted by Crippen LogP contribution is -2.18. The zero-order chi connectivity index (χ0) is 16.4. The number of rotatable bonds is 4. The van der Waals surface area contributed by atoms with E-state index in [1.807, 2.05) is 48.3 Å². The van der Waals surface area contributed by atoms with Crippen LogP contribution in [0.25, 0.3) is 10.9 Å². The van der Waals surface area contributed by atoms with Gasteiger partial charge in [0.2, 0.25) is 0 Å². The van der Waals surface area contributed by atoms with Gasteiger partial charge in [0.1, 0.15) is 5.69 Å². The summed E-state index contributed by atoms with van der Waals surface area (Å²) >= 11 is 0. The highest BCUT2D eigenvalue weighted by Crippen LogP contribution is 2.24. The van der Waals surface area contributed by atoms with Gasteiger partial charge in [-0.3, -0.25) is 4.79 Å². The van der Waals surface area contributed by atoms with E-state index in [1.54, 1.807) is 12.1 Å². The molecule has 0 amide bonds. The highest BCUT2D eigenvalue weighted by molar-refractivity contribution is 5.95. The largest absolute Gasteiger partial charge is 0.477 e. The maximum atomic E-state index is 12.1. The van der Waals surface area contributed by atoms with E-state index in [1.165, 1.54) is 0 Å². The summed E-state index contributed by atoms with van der Waals surface area (Å²) in [6.07, 6.45) is 0. The first-order chi connectivity index (χ1) is 11.1. The van der Waals surface area contributed by atoms with Gasteiger partial charge < -0.3 is 15.0 Å². The first-order valence-corrected chi connectivity index (χ1v) is 7.20. The average molecular weight is 308 g/mol. The van der Waals surface area contributed by atoms with Crippen LogP contribution in [0.1, 0.15) is 16.1 Å². The molecule has 0 bridgehead atoms. The molecule has 0 spiro atoms. The van der Waals surface area contributed by atoms with Crippen LogP contribution in [-0.2, 0) is 6.54 Å². The number of hydrogen-bond donors (Lipinski definition) is 2. The van der Waals surface area contributed by atoms with Crippen LogP contribution < -0.4 is 10.3 Å². The van der Waals surface area contributed by atoms with Gasteiger partial charge in [0.15, 0.2) is 5.43 Å². The zero-order valence-electron chi connectivity index (χ0n) is 12.6. The van der Waals surface area contributed by atoms with Crippen molar-refractivity contribution in [3.8, 4) is 0 Å². The van der Waals surface area contributed by atoms with Crippen molar-refractivity contribution >= 4 is 22.6 Å². The van der Waals surface area contributed by atoms with Gasteiger partial charge in [0.05, 0.1) is 11.2 Å². The Morgan fingerprint density at radius 3 is 2.57 bits per heavy atom. The smallest absolute Gasteiger partial charge is 0.352 e. The number of carbonyl (C=O) groups is 1. The fourth-order valence-electron chi connectivity index (χ4n) is 2.63. The fourth-order valence-corrected chi connectivity index (χ4v) is 2.63. The van der Waals surface area contributed by atoms with E-state index in [2.05, 4.69) is 4.98 Å². The SMILES string of the molecule is CN(Cc1ccccc1)c1cccc2c(=O)cc(C(=O)O)[nH]c12. The summed E-state index contributed by atoms with van der Waals surface area (Å²) < 4.78 is 0. The zero-order valence-corrected chi connectivity index (χ0v) is 12.6. The van der Waals surface area contributed by atoms with Crippen molar-refractivity contribution in [3.05, 3.63) is 76.1 Å². The maximum Gasteiger partial charge on any atom is 0.352 e. The molecule has 0 saturated heterocycles. The van der Waals surface area contributed by atoms with Gasteiger partial charge in [0.25, 0.3) is 0 Å². The van der Waals surface area contributed by atoms with Crippen molar-refractivity contribution in [2.24, 2.45) is 0 Å². The average Bonchev–Trinajstić information content (AvgIpc) is 2.55. The predicted molar refractivity (Wildman–Crippen MR) is 90.1 cm³/mol. The van der Waals surface area contributed by atoms with E-state index in [4.69, 9.17) is 5.11 Å². The molecule has 2 N–H and O–H groups in total. The number of anilines is 1. The van der Waals surface area contributed by atoms with Gasteiger partial charge in [-0.05, 0) is 17.7 Å². The van der Waals surface area contributed by atoms with E-state index < -0.39 is 5.97 Å². The molecule has 3 rings (SSSR count). The number of pyridine rings is 1. The van der Waals surface area contributed by atoms with Gasteiger partial charge in [-0.25, -0.2) is 4.79 Å². The number of nitrogens with one attached hydrogen (secondary N) is 1. The molecule has 0 atom stereocenters. The molecule has 1 heterocycles. The number of aromatic carboxylic acids is 1. The van der Waals surface area contributed by atoms with Crippen molar-refractivity contribution in [2.75, 3.05) is 11.9 Å². The van der Waals surface area contributed by atoms with Crippen LogP contribution in [0, 0.1) is 0 Å². The van der Waals surface area contributed by atoms with Crippen LogP contribution in [0.5, 0.6) is 0 Å². The number of aromatic amines is 1. The third-order valence-electron chi connectivity index (χ3n) is 3.75. The third kappa shape index (κ3) is 2.94. The molecule has 5 nitrogen and oxygen atoms in total. The van der Waals surface area contributed by atoms with Gasteiger partial charge in [0, 0.05) is 25.0 Å². The number of para-hydroxylation sites is 1. The minimum atomic E-state index is -1.15. The Labute approximate surface area is 132 Å². The summed E-state index contributed by atoms with van der Waals surface area (Å²) in [4.78, 5) is 28.2. The fraction of sp³-hybridized carbons (Fsp3) is 0.111. The highest BCUT2D eigenvalue weighted by atomic mass is 16.4. The van der Waals surface area contributed by atoms with Gasteiger partial charge in [-0.1, -0.05) is 36.4 Å². The molecule has 0 aliphatic heterocycles. The van der Waals surface area contributed by atoms with Gasteiger partial charge in [-0.15, -0.1) is 0 Å². The molecule has 0 saturated carbocycles. The summed E-state index contributed by atoms with van der Waals surface area (Å²) in [5, 5.41) is 9.63. The molecule has 0 fully saturated rings. The highest BCUT2D eigenvalue weighted by Gasteiger charge is 2.13.